The minimum absolute atomic E-state index is 0.295. The third kappa shape index (κ3) is 16.3. The molecule has 0 bridgehead atoms. The lowest BCUT2D eigenvalue weighted by Crippen LogP contribution is -2.41. The fourth-order valence-corrected chi connectivity index (χ4v) is 3.49. The van der Waals surface area contributed by atoms with Crippen LogP contribution in [0.15, 0.2) is 40.3 Å². The van der Waals surface area contributed by atoms with Gasteiger partial charge in [0.2, 0.25) is 0 Å². The van der Waals surface area contributed by atoms with E-state index in [1.54, 1.807) is 0 Å². The molecule has 176 valence electrons. The van der Waals surface area contributed by atoms with Crippen LogP contribution in [0.5, 0.6) is 0 Å². The van der Waals surface area contributed by atoms with Crippen molar-refractivity contribution in [2.45, 2.75) is 84.1 Å². The lowest BCUT2D eigenvalue weighted by atomic mass is 10.1. The number of guanidine groups is 2. The number of nitrogens with one attached hydrogen (secondary N) is 1. The molecule has 0 saturated heterocycles. The van der Waals surface area contributed by atoms with Crippen molar-refractivity contribution < 1.29 is 0 Å². The molecular formula is C25H46N6. The smallest absolute Gasteiger partial charge is 0.195 e. The lowest BCUT2D eigenvalue weighted by Gasteiger charge is -2.15. The van der Waals surface area contributed by atoms with Crippen molar-refractivity contribution >= 4 is 11.9 Å². The predicted molar refractivity (Wildman–Crippen MR) is 135 cm³/mol. The first-order chi connectivity index (χ1) is 15.1. The second-order valence-electron chi connectivity index (χ2n) is 8.42. The maximum absolute atomic E-state index is 5.90. The van der Waals surface area contributed by atoms with E-state index in [2.05, 4.69) is 34.2 Å². The molecule has 1 rings (SSSR count). The quantitative estimate of drug-likeness (QED) is 0.191. The monoisotopic (exact) mass is 430 g/mol. The van der Waals surface area contributed by atoms with E-state index >= 15 is 0 Å². The Morgan fingerprint density at radius 2 is 1.32 bits per heavy atom. The molecule has 0 saturated carbocycles. The van der Waals surface area contributed by atoms with Gasteiger partial charge in [0.25, 0.3) is 0 Å². The number of hydrogen-bond donors (Lipinski definition) is 3. The Morgan fingerprint density at radius 1 is 0.774 bits per heavy atom. The minimum atomic E-state index is 0.295. The summed E-state index contributed by atoms with van der Waals surface area (Å²) in [6, 6.07) is 9.98. The molecule has 1 aromatic carbocycles. The molecule has 0 radical (unpaired) electrons. The number of nitrogens with zero attached hydrogens (tertiary/aromatic N) is 3. The van der Waals surface area contributed by atoms with Crippen molar-refractivity contribution in [2.24, 2.45) is 21.5 Å². The van der Waals surface area contributed by atoms with E-state index in [-0.39, 0.29) is 0 Å². The van der Waals surface area contributed by atoms with Crippen LogP contribution >= 0.6 is 0 Å². The Balaban J connectivity index is 2.00. The molecule has 1 aromatic rings. The number of rotatable bonds is 17. The van der Waals surface area contributed by atoms with Crippen LogP contribution in [-0.2, 0) is 6.54 Å². The zero-order chi connectivity index (χ0) is 22.6. The summed E-state index contributed by atoms with van der Waals surface area (Å²) < 4.78 is 0. The summed E-state index contributed by atoms with van der Waals surface area (Å²) in [5.41, 5.74) is 12.9. The summed E-state index contributed by atoms with van der Waals surface area (Å²) in [5, 5.41) is 2.85. The zero-order valence-electron chi connectivity index (χ0n) is 20.0. The SMILES string of the molecule is CCCCCCCCCCCCN(C)CCCN=C(N)NC(N)=NCc1ccccc1. The van der Waals surface area contributed by atoms with Gasteiger partial charge < -0.3 is 16.4 Å². The van der Waals surface area contributed by atoms with Gasteiger partial charge in [0, 0.05) is 6.54 Å². The average molecular weight is 431 g/mol. The zero-order valence-corrected chi connectivity index (χ0v) is 20.0. The fraction of sp³-hybridized carbons (Fsp3) is 0.680. The summed E-state index contributed by atoms with van der Waals surface area (Å²) in [7, 11) is 2.19. The van der Waals surface area contributed by atoms with Crippen LogP contribution in [0.4, 0.5) is 0 Å². The molecule has 0 spiro atoms. The molecule has 0 fully saturated rings. The highest BCUT2D eigenvalue weighted by Gasteiger charge is 2.00. The Morgan fingerprint density at radius 3 is 1.97 bits per heavy atom. The maximum atomic E-state index is 5.90. The minimum Gasteiger partial charge on any atom is -0.370 e. The molecule has 0 aliphatic heterocycles. The van der Waals surface area contributed by atoms with Gasteiger partial charge >= 0.3 is 0 Å². The second kappa shape index (κ2) is 18.7. The number of nitrogens with two attached hydrogens (primary N) is 2. The highest BCUT2D eigenvalue weighted by molar-refractivity contribution is 5.96. The second-order valence-corrected chi connectivity index (χ2v) is 8.42. The lowest BCUT2D eigenvalue weighted by molar-refractivity contribution is 0.321. The van der Waals surface area contributed by atoms with Gasteiger partial charge in [-0.2, -0.15) is 0 Å². The standard InChI is InChI=1S/C25H46N6/c1-3-4-5-6-7-8-9-10-11-15-20-31(2)21-16-19-28-24(26)30-25(27)29-22-23-17-13-12-14-18-23/h12-14,17-18H,3-11,15-16,19-22H2,1-2H3,(H5,26,27,28,29,30). The van der Waals surface area contributed by atoms with Gasteiger partial charge in [0.15, 0.2) is 11.9 Å². The number of benzene rings is 1. The Bertz CT molecular complexity index is 599. The van der Waals surface area contributed by atoms with Gasteiger partial charge in [-0.25, -0.2) is 4.99 Å². The van der Waals surface area contributed by atoms with Crippen LogP contribution in [0.25, 0.3) is 0 Å². The highest BCUT2D eigenvalue weighted by Crippen LogP contribution is 2.10. The fourth-order valence-electron chi connectivity index (χ4n) is 3.49. The topological polar surface area (TPSA) is 92.0 Å². The third-order valence-corrected chi connectivity index (χ3v) is 5.40. The van der Waals surface area contributed by atoms with Crippen molar-refractivity contribution in [2.75, 3.05) is 26.7 Å². The van der Waals surface area contributed by atoms with E-state index < -0.39 is 0 Å². The Kier molecular flexibility index (Phi) is 16.2. The van der Waals surface area contributed by atoms with Gasteiger partial charge in [-0.3, -0.25) is 10.3 Å². The Hall–Kier alpha value is -2.08. The van der Waals surface area contributed by atoms with Crippen molar-refractivity contribution in [1.29, 1.82) is 0 Å². The number of aliphatic imine (C=N–C) groups is 2. The molecule has 0 amide bonds. The van der Waals surface area contributed by atoms with Gasteiger partial charge in [0.05, 0.1) is 6.54 Å². The molecule has 0 unspecified atom stereocenters. The van der Waals surface area contributed by atoms with Crippen LogP contribution in [0, 0.1) is 0 Å². The van der Waals surface area contributed by atoms with E-state index in [4.69, 9.17) is 11.5 Å². The summed E-state index contributed by atoms with van der Waals surface area (Å²) >= 11 is 0. The molecule has 6 nitrogen and oxygen atoms in total. The molecule has 6 heteroatoms. The third-order valence-electron chi connectivity index (χ3n) is 5.40. The first-order valence-corrected chi connectivity index (χ1v) is 12.2. The molecule has 0 heterocycles. The maximum Gasteiger partial charge on any atom is 0.195 e. The molecule has 0 aliphatic carbocycles. The van der Waals surface area contributed by atoms with Crippen LogP contribution < -0.4 is 16.8 Å². The summed E-state index contributed by atoms with van der Waals surface area (Å²) in [6.45, 7) is 5.68. The van der Waals surface area contributed by atoms with Gasteiger partial charge in [-0.05, 0) is 38.5 Å². The van der Waals surface area contributed by atoms with Crippen LogP contribution in [0.3, 0.4) is 0 Å². The first kappa shape index (κ1) is 27.0. The van der Waals surface area contributed by atoms with Crippen molar-refractivity contribution in [3.8, 4) is 0 Å². The Labute approximate surface area is 190 Å². The largest absolute Gasteiger partial charge is 0.370 e. The van der Waals surface area contributed by atoms with Crippen molar-refractivity contribution in [3.05, 3.63) is 35.9 Å². The molecule has 5 N–H and O–H groups in total. The van der Waals surface area contributed by atoms with Gasteiger partial charge in [-0.1, -0.05) is 95.0 Å². The van der Waals surface area contributed by atoms with E-state index in [0.717, 1.165) is 25.1 Å². The molecule has 31 heavy (non-hydrogen) atoms. The molecular weight excluding hydrogens is 384 g/mol. The van der Waals surface area contributed by atoms with E-state index in [0.29, 0.717) is 25.0 Å². The first-order valence-electron chi connectivity index (χ1n) is 12.2. The molecule has 0 aromatic heterocycles. The van der Waals surface area contributed by atoms with E-state index in [1.807, 2.05) is 30.3 Å². The normalized spacial score (nSPS) is 12.5. The van der Waals surface area contributed by atoms with Crippen LogP contribution in [0.2, 0.25) is 0 Å². The highest BCUT2D eigenvalue weighted by atomic mass is 15.2. The molecule has 0 aliphatic rings. The summed E-state index contributed by atoms with van der Waals surface area (Å²) in [6.07, 6.45) is 14.8. The predicted octanol–water partition coefficient (Wildman–Crippen LogP) is 4.65. The van der Waals surface area contributed by atoms with Crippen LogP contribution in [0.1, 0.15) is 83.1 Å². The average Bonchev–Trinajstić information content (AvgIpc) is 2.77. The molecule has 0 atom stereocenters. The van der Waals surface area contributed by atoms with Crippen LogP contribution in [-0.4, -0.2) is 43.5 Å². The number of unbranched alkanes of at least 4 members (excludes halogenated alkanes) is 9. The summed E-state index contributed by atoms with van der Waals surface area (Å²) in [4.78, 5) is 11.0. The van der Waals surface area contributed by atoms with Gasteiger partial charge in [0.1, 0.15) is 0 Å². The van der Waals surface area contributed by atoms with E-state index in [9.17, 15) is 0 Å². The number of hydrogen-bond acceptors (Lipinski definition) is 3. The van der Waals surface area contributed by atoms with Crippen molar-refractivity contribution in [1.82, 2.24) is 10.2 Å². The summed E-state index contributed by atoms with van der Waals surface area (Å²) in [5.74, 6) is 0.620. The van der Waals surface area contributed by atoms with Gasteiger partial charge in [-0.15, -0.1) is 0 Å². The van der Waals surface area contributed by atoms with E-state index in [1.165, 1.54) is 64.2 Å². The van der Waals surface area contributed by atoms with Crippen molar-refractivity contribution in [3.63, 3.8) is 0 Å².